The molecule has 0 amide bonds. The van der Waals surface area contributed by atoms with Crippen LogP contribution >= 0.6 is 47.8 Å². The van der Waals surface area contributed by atoms with Gasteiger partial charge < -0.3 is 9.72 Å². The second kappa shape index (κ2) is 9.39. The van der Waals surface area contributed by atoms with Crippen molar-refractivity contribution < 1.29 is 4.74 Å². The molecule has 31 heavy (non-hydrogen) atoms. The smallest absolute Gasteiger partial charge is 0.149 e. The standard InChI is InChI=1S/C24H16Br3N3O/c1-14-2-7-21-22(8-14)30-24(29-21)17(12-28)9-16-10-19(26)23(20(27)11-16)31-13-15-3-5-18(25)6-4-15/h2-11H,13H2,1H3,(H,29,30)/b17-9-. The summed E-state index contributed by atoms with van der Waals surface area (Å²) in [5.41, 5.74) is 5.25. The van der Waals surface area contributed by atoms with E-state index in [2.05, 4.69) is 63.8 Å². The molecular formula is C24H16Br3N3O. The number of aryl methyl sites for hydroxylation is 1. The van der Waals surface area contributed by atoms with Gasteiger partial charge in [0.25, 0.3) is 0 Å². The molecule has 0 aliphatic carbocycles. The first-order valence-corrected chi connectivity index (χ1v) is 11.8. The van der Waals surface area contributed by atoms with E-state index in [0.717, 1.165) is 41.1 Å². The molecule has 4 nitrogen and oxygen atoms in total. The van der Waals surface area contributed by atoms with E-state index in [0.29, 0.717) is 23.8 Å². The van der Waals surface area contributed by atoms with Gasteiger partial charge in [-0.2, -0.15) is 5.26 Å². The minimum Gasteiger partial charge on any atom is -0.487 e. The van der Waals surface area contributed by atoms with Gasteiger partial charge in [0.05, 0.1) is 25.6 Å². The molecule has 1 aromatic heterocycles. The van der Waals surface area contributed by atoms with Gasteiger partial charge in [-0.05, 0) is 97.9 Å². The molecule has 0 aliphatic heterocycles. The number of allylic oxidation sites excluding steroid dienone is 1. The maximum absolute atomic E-state index is 9.71. The zero-order valence-corrected chi connectivity index (χ0v) is 21.2. The van der Waals surface area contributed by atoms with Gasteiger partial charge in [0.2, 0.25) is 0 Å². The van der Waals surface area contributed by atoms with E-state index in [4.69, 9.17) is 4.74 Å². The summed E-state index contributed by atoms with van der Waals surface area (Å²) in [7, 11) is 0. The molecule has 4 aromatic rings. The summed E-state index contributed by atoms with van der Waals surface area (Å²) >= 11 is 10.6. The number of ether oxygens (including phenoxy) is 1. The van der Waals surface area contributed by atoms with E-state index < -0.39 is 0 Å². The topological polar surface area (TPSA) is 61.7 Å². The minimum absolute atomic E-state index is 0.446. The van der Waals surface area contributed by atoms with Crippen LogP contribution in [0.25, 0.3) is 22.7 Å². The molecule has 0 unspecified atom stereocenters. The zero-order valence-electron chi connectivity index (χ0n) is 16.4. The van der Waals surface area contributed by atoms with Crippen LogP contribution in [0, 0.1) is 18.3 Å². The number of fused-ring (bicyclic) bond motifs is 1. The van der Waals surface area contributed by atoms with Crippen LogP contribution in [0.1, 0.15) is 22.5 Å². The van der Waals surface area contributed by atoms with Gasteiger partial charge >= 0.3 is 0 Å². The van der Waals surface area contributed by atoms with E-state index in [1.807, 2.05) is 61.5 Å². The van der Waals surface area contributed by atoms with Crippen molar-refractivity contribution in [3.63, 3.8) is 0 Å². The third kappa shape index (κ3) is 5.09. The lowest BCUT2D eigenvalue weighted by Crippen LogP contribution is -1.97. The van der Waals surface area contributed by atoms with Crippen molar-refractivity contribution in [1.29, 1.82) is 5.26 Å². The molecule has 0 radical (unpaired) electrons. The second-order valence-electron chi connectivity index (χ2n) is 7.00. The van der Waals surface area contributed by atoms with Crippen LogP contribution in [-0.4, -0.2) is 9.97 Å². The molecule has 3 aromatic carbocycles. The van der Waals surface area contributed by atoms with Crippen LogP contribution < -0.4 is 4.74 Å². The SMILES string of the molecule is Cc1ccc2nc(/C(C#N)=C\c3cc(Br)c(OCc4ccc(Br)cc4)c(Br)c3)[nH]c2c1. The summed E-state index contributed by atoms with van der Waals surface area (Å²) < 4.78 is 8.62. The first-order chi connectivity index (χ1) is 14.9. The van der Waals surface area contributed by atoms with Crippen LogP contribution in [0.4, 0.5) is 0 Å². The molecule has 1 N–H and O–H groups in total. The molecule has 4 rings (SSSR count). The van der Waals surface area contributed by atoms with Crippen molar-refractivity contribution in [2.45, 2.75) is 13.5 Å². The van der Waals surface area contributed by atoms with Crippen molar-refractivity contribution in [3.8, 4) is 11.8 Å². The first kappa shape index (κ1) is 21.8. The first-order valence-electron chi connectivity index (χ1n) is 9.38. The molecule has 0 saturated carbocycles. The number of nitriles is 1. The molecule has 0 aliphatic rings. The fourth-order valence-electron chi connectivity index (χ4n) is 3.11. The lowest BCUT2D eigenvalue weighted by Gasteiger charge is -2.12. The summed E-state index contributed by atoms with van der Waals surface area (Å²) in [6.45, 7) is 2.47. The highest BCUT2D eigenvalue weighted by molar-refractivity contribution is 9.11. The molecule has 154 valence electrons. The molecule has 1 heterocycles. The Morgan fingerprint density at radius 1 is 1.06 bits per heavy atom. The van der Waals surface area contributed by atoms with Crippen LogP contribution in [0.3, 0.4) is 0 Å². The Kier molecular flexibility index (Phi) is 6.61. The molecule has 7 heteroatoms. The Morgan fingerprint density at radius 2 is 1.77 bits per heavy atom. The average molecular weight is 602 g/mol. The lowest BCUT2D eigenvalue weighted by atomic mass is 10.1. The van der Waals surface area contributed by atoms with E-state index in [1.54, 1.807) is 6.08 Å². The summed E-state index contributed by atoms with van der Waals surface area (Å²) in [5.74, 6) is 1.25. The number of imidazole rings is 1. The van der Waals surface area contributed by atoms with Gasteiger partial charge in [-0.15, -0.1) is 0 Å². The number of hydrogen-bond donors (Lipinski definition) is 1. The Bertz CT molecular complexity index is 1310. The monoisotopic (exact) mass is 599 g/mol. The lowest BCUT2D eigenvalue weighted by molar-refractivity contribution is 0.302. The zero-order chi connectivity index (χ0) is 22.0. The molecule has 0 bridgehead atoms. The van der Waals surface area contributed by atoms with Crippen molar-refractivity contribution in [2.24, 2.45) is 0 Å². The maximum Gasteiger partial charge on any atom is 0.149 e. The molecule has 0 saturated heterocycles. The fraction of sp³-hybridized carbons (Fsp3) is 0.0833. The Balaban J connectivity index is 1.60. The summed E-state index contributed by atoms with van der Waals surface area (Å²) in [4.78, 5) is 7.79. The molecular weight excluding hydrogens is 586 g/mol. The van der Waals surface area contributed by atoms with Crippen molar-refractivity contribution in [1.82, 2.24) is 9.97 Å². The number of H-pyrrole nitrogens is 1. The van der Waals surface area contributed by atoms with E-state index in [1.165, 1.54) is 0 Å². The predicted octanol–water partition coefficient (Wildman–Crippen LogP) is 7.80. The highest BCUT2D eigenvalue weighted by atomic mass is 79.9. The number of aromatic amines is 1. The van der Waals surface area contributed by atoms with Gasteiger partial charge in [0.1, 0.15) is 24.3 Å². The fourth-order valence-corrected chi connectivity index (χ4v) is 4.82. The molecule has 0 fully saturated rings. The van der Waals surface area contributed by atoms with Crippen molar-refractivity contribution >= 4 is 70.5 Å². The maximum atomic E-state index is 9.71. The largest absolute Gasteiger partial charge is 0.487 e. The molecule has 0 atom stereocenters. The number of nitrogens with zero attached hydrogens (tertiary/aromatic N) is 2. The average Bonchev–Trinajstić information content (AvgIpc) is 3.15. The Labute approximate surface area is 205 Å². The van der Waals surface area contributed by atoms with Gasteiger partial charge in [-0.1, -0.05) is 34.1 Å². The second-order valence-corrected chi connectivity index (χ2v) is 9.63. The van der Waals surface area contributed by atoms with Crippen LogP contribution in [0.2, 0.25) is 0 Å². The van der Waals surface area contributed by atoms with Crippen molar-refractivity contribution in [3.05, 3.63) is 90.5 Å². The van der Waals surface area contributed by atoms with Gasteiger partial charge in [0.15, 0.2) is 0 Å². The number of halogens is 3. The van der Waals surface area contributed by atoms with Crippen LogP contribution in [-0.2, 0) is 6.61 Å². The van der Waals surface area contributed by atoms with E-state index >= 15 is 0 Å². The quantitative estimate of drug-likeness (QED) is 0.237. The van der Waals surface area contributed by atoms with Gasteiger partial charge in [-0.25, -0.2) is 4.98 Å². The Hall–Kier alpha value is -2.40. The van der Waals surface area contributed by atoms with E-state index in [-0.39, 0.29) is 0 Å². The summed E-state index contributed by atoms with van der Waals surface area (Å²) in [6.07, 6.45) is 1.80. The number of rotatable bonds is 5. The van der Waals surface area contributed by atoms with Crippen LogP contribution in [0.15, 0.2) is 68.0 Å². The van der Waals surface area contributed by atoms with Gasteiger partial charge in [0, 0.05) is 4.47 Å². The number of hydrogen-bond acceptors (Lipinski definition) is 3. The number of aromatic nitrogens is 2. The highest BCUT2D eigenvalue weighted by Crippen LogP contribution is 2.36. The Morgan fingerprint density at radius 3 is 2.45 bits per heavy atom. The van der Waals surface area contributed by atoms with E-state index in [9.17, 15) is 5.26 Å². The normalized spacial score (nSPS) is 11.5. The third-order valence-electron chi connectivity index (χ3n) is 4.64. The van der Waals surface area contributed by atoms with Gasteiger partial charge in [-0.3, -0.25) is 0 Å². The molecule has 0 spiro atoms. The van der Waals surface area contributed by atoms with Crippen LogP contribution in [0.5, 0.6) is 5.75 Å². The van der Waals surface area contributed by atoms with Crippen molar-refractivity contribution in [2.75, 3.05) is 0 Å². The predicted molar refractivity (Wildman–Crippen MR) is 135 cm³/mol. The minimum atomic E-state index is 0.446. The third-order valence-corrected chi connectivity index (χ3v) is 6.35. The summed E-state index contributed by atoms with van der Waals surface area (Å²) in [5, 5.41) is 9.71. The number of benzene rings is 3. The number of nitrogens with one attached hydrogen (secondary N) is 1. The summed E-state index contributed by atoms with van der Waals surface area (Å²) in [6, 6.07) is 20.1. The highest BCUT2D eigenvalue weighted by Gasteiger charge is 2.12.